The fourth-order valence-electron chi connectivity index (χ4n) is 2.61. The van der Waals surface area contributed by atoms with Crippen LogP contribution in [0.2, 0.25) is 5.02 Å². The van der Waals surface area contributed by atoms with Crippen LogP contribution in [0.1, 0.15) is 35.9 Å². The van der Waals surface area contributed by atoms with Gasteiger partial charge in [-0.25, -0.2) is 4.68 Å². The zero-order chi connectivity index (χ0) is 19.3. The number of nitrogens with one attached hydrogen (secondary N) is 1. The van der Waals surface area contributed by atoms with E-state index in [9.17, 15) is 9.59 Å². The molecule has 0 aliphatic rings. The molecule has 0 fully saturated rings. The highest BCUT2D eigenvalue weighted by Gasteiger charge is 2.17. The van der Waals surface area contributed by atoms with E-state index in [1.165, 1.54) is 6.92 Å². The molecule has 1 aromatic carbocycles. The summed E-state index contributed by atoms with van der Waals surface area (Å²) in [6.07, 6.45) is 0.752. The Morgan fingerprint density at radius 1 is 1.27 bits per heavy atom. The van der Waals surface area contributed by atoms with Crippen LogP contribution in [0.5, 0.6) is 0 Å². The lowest BCUT2D eigenvalue weighted by molar-refractivity contribution is -0.142. The highest BCUT2D eigenvalue weighted by molar-refractivity contribution is 6.31. The van der Waals surface area contributed by atoms with Gasteiger partial charge in [0.25, 0.3) is 0 Å². The van der Waals surface area contributed by atoms with E-state index < -0.39 is 0 Å². The number of hydrogen-bond donors (Lipinski definition) is 1. The number of carbonyl (C=O) groups excluding carboxylic acids is 2. The fourth-order valence-corrected chi connectivity index (χ4v) is 2.79. The van der Waals surface area contributed by atoms with Gasteiger partial charge in [0.15, 0.2) is 0 Å². The van der Waals surface area contributed by atoms with Crippen molar-refractivity contribution >= 4 is 23.5 Å². The van der Waals surface area contributed by atoms with Crippen molar-refractivity contribution in [3.05, 3.63) is 45.7 Å². The van der Waals surface area contributed by atoms with Crippen LogP contribution in [0.3, 0.4) is 0 Å². The first kappa shape index (κ1) is 20.0. The maximum absolute atomic E-state index is 12.1. The van der Waals surface area contributed by atoms with Crippen molar-refractivity contribution in [3.63, 3.8) is 0 Å². The van der Waals surface area contributed by atoms with E-state index in [2.05, 4.69) is 10.4 Å². The molecule has 2 rings (SSSR count). The Bertz CT molecular complexity index is 815. The Hall–Kier alpha value is -2.34. The van der Waals surface area contributed by atoms with Crippen molar-refractivity contribution in [3.8, 4) is 5.69 Å². The summed E-state index contributed by atoms with van der Waals surface area (Å²) in [4.78, 5) is 22.9. The number of benzene rings is 1. The lowest BCUT2D eigenvalue weighted by atomic mass is 10.1. The smallest absolute Gasteiger partial charge is 0.310 e. The summed E-state index contributed by atoms with van der Waals surface area (Å²) >= 11 is 6.21. The van der Waals surface area contributed by atoms with Crippen molar-refractivity contribution in [1.82, 2.24) is 15.1 Å². The Kier molecular flexibility index (Phi) is 6.80. The number of ether oxygens (including phenoxy) is 1. The average Bonchev–Trinajstić information content (AvgIpc) is 2.85. The van der Waals surface area contributed by atoms with Gasteiger partial charge < -0.3 is 10.1 Å². The standard InChI is InChI=1S/C19H24ClN3O3/c1-12-6-7-16(10-18(12)20)23-14(3)17(13(2)22-23)11-19(25)26-9-5-8-21-15(4)24/h6-7,10H,5,8-9,11H2,1-4H3,(H,21,24). The predicted octanol–water partition coefficient (Wildman–Crippen LogP) is 3.06. The normalized spacial score (nSPS) is 10.7. The molecule has 0 aliphatic carbocycles. The summed E-state index contributed by atoms with van der Waals surface area (Å²) in [5, 5.41) is 7.88. The number of amides is 1. The summed E-state index contributed by atoms with van der Waals surface area (Å²) < 4.78 is 7.03. The van der Waals surface area contributed by atoms with E-state index >= 15 is 0 Å². The first-order valence-electron chi connectivity index (χ1n) is 8.51. The van der Waals surface area contributed by atoms with E-state index in [1.807, 2.05) is 39.0 Å². The Morgan fingerprint density at radius 3 is 2.65 bits per heavy atom. The third-order valence-corrected chi connectivity index (χ3v) is 4.53. The minimum atomic E-state index is -0.305. The number of aryl methyl sites for hydroxylation is 2. The molecule has 1 N–H and O–H groups in total. The van der Waals surface area contributed by atoms with Gasteiger partial charge in [-0.3, -0.25) is 9.59 Å². The summed E-state index contributed by atoms with van der Waals surface area (Å²) in [6.45, 7) is 7.97. The second-order valence-corrected chi connectivity index (χ2v) is 6.64. The van der Waals surface area contributed by atoms with Gasteiger partial charge in [0.1, 0.15) is 0 Å². The molecule has 0 aliphatic heterocycles. The highest BCUT2D eigenvalue weighted by Crippen LogP contribution is 2.23. The maximum atomic E-state index is 12.1. The van der Waals surface area contributed by atoms with Gasteiger partial charge in [0.05, 0.1) is 24.4 Å². The van der Waals surface area contributed by atoms with Gasteiger partial charge in [-0.1, -0.05) is 17.7 Å². The molecule has 0 spiro atoms. The summed E-state index contributed by atoms with van der Waals surface area (Å²) in [5.74, 6) is -0.397. The zero-order valence-electron chi connectivity index (χ0n) is 15.6. The monoisotopic (exact) mass is 377 g/mol. The molecular formula is C19H24ClN3O3. The molecule has 0 atom stereocenters. The van der Waals surface area contributed by atoms with Crippen LogP contribution in [0.25, 0.3) is 5.69 Å². The first-order valence-corrected chi connectivity index (χ1v) is 8.89. The number of aromatic nitrogens is 2. The first-order chi connectivity index (χ1) is 12.3. The lowest BCUT2D eigenvalue weighted by Gasteiger charge is -2.08. The SMILES string of the molecule is CC(=O)NCCCOC(=O)Cc1c(C)nn(-c2ccc(C)c(Cl)c2)c1C. The number of carbonyl (C=O) groups is 2. The minimum Gasteiger partial charge on any atom is -0.465 e. The lowest BCUT2D eigenvalue weighted by Crippen LogP contribution is -2.22. The van der Waals surface area contributed by atoms with E-state index in [0.29, 0.717) is 18.0 Å². The second-order valence-electron chi connectivity index (χ2n) is 6.23. The quantitative estimate of drug-likeness (QED) is 0.594. The average molecular weight is 378 g/mol. The largest absolute Gasteiger partial charge is 0.465 e. The molecule has 6 nitrogen and oxygen atoms in total. The van der Waals surface area contributed by atoms with Crippen molar-refractivity contribution in [2.75, 3.05) is 13.2 Å². The molecular weight excluding hydrogens is 354 g/mol. The summed E-state index contributed by atoms with van der Waals surface area (Å²) in [5.41, 5.74) is 4.39. The molecule has 0 saturated carbocycles. The number of esters is 1. The van der Waals surface area contributed by atoms with E-state index in [-0.39, 0.29) is 24.9 Å². The van der Waals surface area contributed by atoms with Gasteiger partial charge >= 0.3 is 5.97 Å². The van der Waals surface area contributed by atoms with Crippen LogP contribution in [0.4, 0.5) is 0 Å². The van der Waals surface area contributed by atoms with Crippen LogP contribution in [0.15, 0.2) is 18.2 Å². The van der Waals surface area contributed by atoms with Crippen molar-refractivity contribution in [2.24, 2.45) is 0 Å². The van der Waals surface area contributed by atoms with E-state index in [4.69, 9.17) is 16.3 Å². The molecule has 1 aromatic heterocycles. The van der Waals surface area contributed by atoms with Gasteiger partial charge in [-0.2, -0.15) is 5.10 Å². The molecule has 7 heteroatoms. The molecule has 1 amide bonds. The fraction of sp³-hybridized carbons (Fsp3) is 0.421. The van der Waals surface area contributed by atoms with Crippen molar-refractivity contribution in [2.45, 2.75) is 40.5 Å². The number of rotatable bonds is 7. The Labute approximate surface area is 158 Å². The Morgan fingerprint density at radius 2 is 2.00 bits per heavy atom. The van der Waals surface area contributed by atoms with Crippen LogP contribution in [-0.4, -0.2) is 34.8 Å². The van der Waals surface area contributed by atoms with E-state index in [0.717, 1.165) is 28.2 Å². The molecule has 1 heterocycles. The molecule has 0 saturated heterocycles. The highest BCUT2D eigenvalue weighted by atomic mass is 35.5. The third kappa shape index (κ3) is 5.08. The van der Waals surface area contributed by atoms with Crippen molar-refractivity contribution in [1.29, 1.82) is 0 Å². The second kappa shape index (κ2) is 8.85. The predicted molar refractivity (Wildman–Crippen MR) is 101 cm³/mol. The minimum absolute atomic E-state index is 0.0915. The van der Waals surface area contributed by atoms with E-state index in [1.54, 1.807) is 4.68 Å². The summed E-state index contributed by atoms with van der Waals surface area (Å²) in [7, 11) is 0. The molecule has 0 unspecified atom stereocenters. The van der Waals surface area contributed by atoms with Crippen molar-refractivity contribution < 1.29 is 14.3 Å². The third-order valence-electron chi connectivity index (χ3n) is 4.12. The van der Waals surface area contributed by atoms with Crippen LogP contribution < -0.4 is 5.32 Å². The summed E-state index contributed by atoms with van der Waals surface area (Å²) in [6, 6.07) is 5.75. The maximum Gasteiger partial charge on any atom is 0.310 e. The number of nitrogens with zero attached hydrogens (tertiary/aromatic N) is 2. The van der Waals surface area contributed by atoms with Crippen LogP contribution in [0, 0.1) is 20.8 Å². The number of hydrogen-bond acceptors (Lipinski definition) is 4. The van der Waals surface area contributed by atoms with Crippen LogP contribution in [-0.2, 0) is 20.7 Å². The Balaban J connectivity index is 2.02. The number of halogens is 1. The zero-order valence-corrected chi connectivity index (χ0v) is 16.3. The van der Waals surface area contributed by atoms with Gasteiger partial charge in [-0.15, -0.1) is 0 Å². The van der Waals surface area contributed by atoms with Crippen LogP contribution >= 0.6 is 11.6 Å². The topological polar surface area (TPSA) is 73.2 Å². The van der Waals surface area contributed by atoms with Gasteiger partial charge in [0.2, 0.25) is 5.91 Å². The van der Waals surface area contributed by atoms with Gasteiger partial charge in [0, 0.05) is 29.7 Å². The molecule has 0 bridgehead atoms. The molecule has 26 heavy (non-hydrogen) atoms. The molecule has 2 aromatic rings. The molecule has 0 radical (unpaired) electrons. The molecule has 140 valence electrons. The van der Waals surface area contributed by atoms with Gasteiger partial charge in [-0.05, 0) is 44.9 Å².